The van der Waals surface area contributed by atoms with Gasteiger partial charge in [0.1, 0.15) is 5.82 Å². The molecule has 2 rings (SSSR count). The summed E-state index contributed by atoms with van der Waals surface area (Å²) in [5.74, 6) is -0.182. The van der Waals surface area contributed by atoms with Crippen LogP contribution in [0.4, 0.5) is 4.39 Å². The summed E-state index contributed by atoms with van der Waals surface area (Å²) in [6.45, 7) is 4.10. The molecule has 0 spiro atoms. The van der Waals surface area contributed by atoms with E-state index < -0.39 is 5.54 Å². The van der Waals surface area contributed by atoms with Crippen molar-refractivity contribution in [2.75, 3.05) is 14.1 Å². The second-order valence-corrected chi connectivity index (χ2v) is 6.34. The molecule has 0 bridgehead atoms. The maximum atomic E-state index is 14.5. The van der Waals surface area contributed by atoms with E-state index >= 15 is 0 Å². The highest BCUT2D eigenvalue weighted by Crippen LogP contribution is 2.42. The van der Waals surface area contributed by atoms with Crippen molar-refractivity contribution in [3.8, 4) is 0 Å². The van der Waals surface area contributed by atoms with Crippen LogP contribution in [0.2, 0.25) is 0 Å². The van der Waals surface area contributed by atoms with E-state index in [2.05, 4.69) is 17.0 Å². The summed E-state index contributed by atoms with van der Waals surface area (Å²) in [5, 5.41) is 0. The Balaban J connectivity index is 2.65. The number of benzene rings is 2. The fourth-order valence-corrected chi connectivity index (χ4v) is 3.22. The Hall–Kier alpha value is -1.71. The molecule has 0 aliphatic rings. The normalized spacial score (nSPS) is 15.8. The molecule has 2 N–H and O–H groups in total. The van der Waals surface area contributed by atoms with E-state index in [0.717, 1.165) is 5.56 Å². The third kappa shape index (κ3) is 2.92. The quantitative estimate of drug-likeness (QED) is 0.906. The van der Waals surface area contributed by atoms with E-state index in [0.29, 0.717) is 5.56 Å². The molecular formula is C19H25FN2. The molecule has 2 aromatic carbocycles. The Labute approximate surface area is 132 Å². The van der Waals surface area contributed by atoms with Crippen molar-refractivity contribution in [2.45, 2.75) is 25.4 Å². The third-order valence-corrected chi connectivity index (χ3v) is 4.38. The Morgan fingerprint density at radius 3 is 2.00 bits per heavy atom. The van der Waals surface area contributed by atoms with Gasteiger partial charge in [0, 0.05) is 5.56 Å². The Morgan fingerprint density at radius 1 is 0.955 bits per heavy atom. The van der Waals surface area contributed by atoms with E-state index in [4.69, 9.17) is 5.73 Å². The first-order valence-electron chi connectivity index (χ1n) is 7.64. The van der Waals surface area contributed by atoms with Gasteiger partial charge in [0.2, 0.25) is 0 Å². The summed E-state index contributed by atoms with van der Waals surface area (Å²) in [6.07, 6.45) is 0. The minimum Gasteiger partial charge on any atom is -0.320 e. The molecule has 3 heteroatoms. The van der Waals surface area contributed by atoms with Gasteiger partial charge < -0.3 is 10.6 Å². The SMILES string of the molecule is CC(C)C(N)(c1ccccc1F)C(c1ccccc1)N(C)C. The predicted molar refractivity (Wildman–Crippen MR) is 90.0 cm³/mol. The average molecular weight is 300 g/mol. The highest BCUT2D eigenvalue weighted by molar-refractivity contribution is 5.34. The van der Waals surface area contributed by atoms with Gasteiger partial charge in [-0.2, -0.15) is 0 Å². The number of hydrogen-bond acceptors (Lipinski definition) is 2. The lowest BCUT2D eigenvalue weighted by Gasteiger charge is -2.45. The molecule has 2 aromatic rings. The third-order valence-electron chi connectivity index (χ3n) is 4.38. The van der Waals surface area contributed by atoms with Crippen molar-refractivity contribution >= 4 is 0 Å². The number of nitrogens with zero attached hydrogens (tertiary/aromatic N) is 1. The standard InChI is InChI=1S/C19H25FN2/c1-14(2)19(21,16-12-8-9-13-17(16)20)18(22(3)4)15-10-6-5-7-11-15/h5-14,18H,21H2,1-4H3. The van der Waals surface area contributed by atoms with Crippen LogP contribution in [0.25, 0.3) is 0 Å². The van der Waals surface area contributed by atoms with Crippen molar-refractivity contribution < 1.29 is 4.39 Å². The first kappa shape index (κ1) is 16.7. The van der Waals surface area contributed by atoms with Crippen LogP contribution in [-0.2, 0) is 5.54 Å². The highest BCUT2D eigenvalue weighted by atomic mass is 19.1. The minimum absolute atomic E-state index is 0.0667. The number of likely N-dealkylation sites (N-methyl/N-ethyl adjacent to an activating group) is 1. The molecule has 0 fully saturated rings. The number of hydrogen-bond donors (Lipinski definition) is 1. The van der Waals surface area contributed by atoms with Crippen LogP contribution >= 0.6 is 0 Å². The van der Waals surface area contributed by atoms with Crippen LogP contribution in [0, 0.1) is 11.7 Å². The Bertz CT molecular complexity index is 610. The zero-order valence-corrected chi connectivity index (χ0v) is 13.8. The van der Waals surface area contributed by atoms with E-state index in [1.165, 1.54) is 6.07 Å². The zero-order chi connectivity index (χ0) is 16.3. The van der Waals surface area contributed by atoms with Gasteiger partial charge in [0.25, 0.3) is 0 Å². The predicted octanol–water partition coefficient (Wildman–Crippen LogP) is 3.94. The lowest BCUT2D eigenvalue weighted by Crippen LogP contribution is -2.52. The Morgan fingerprint density at radius 2 is 1.50 bits per heavy atom. The van der Waals surface area contributed by atoms with Gasteiger partial charge in [-0.05, 0) is 31.6 Å². The molecule has 2 unspecified atom stereocenters. The number of nitrogens with two attached hydrogens (primary N) is 1. The minimum atomic E-state index is -0.823. The summed E-state index contributed by atoms with van der Waals surface area (Å²) in [5.41, 5.74) is 7.69. The Kier molecular flexibility index (Phi) is 4.99. The van der Waals surface area contributed by atoms with Gasteiger partial charge in [0.15, 0.2) is 0 Å². The van der Waals surface area contributed by atoms with Crippen molar-refractivity contribution in [1.82, 2.24) is 4.90 Å². The van der Waals surface area contributed by atoms with Crippen LogP contribution in [0.15, 0.2) is 54.6 Å². The van der Waals surface area contributed by atoms with Crippen LogP contribution in [-0.4, -0.2) is 19.0 Å². The molecule has 2 nitrogen and oxygen atoms in total. The molecule has 0 aliphatic heterocycles. The molecule has 0 heterocycles. The molecule has 0 amide bonds. The molecule has 0 saturated carbocycles. The summed E-state index contributed by atoms with van der Waals surface area (Å²) < 4.78 is 14.5. The summed E-state index contributed by atoms with van der Waals surface area (Å²) in [7, 11) is 3.98. The van der Waals surface area contributed by atoms with E-state index in [1.54, 1.807) is 12.1 Å². The van der Waals surface area contributed by atoms with Crippen LogP contribution in [0.1, 0.15) is 31.0 Å². The first-order chi connectivity index (χ1) is 10.4. The largest absolute Gasteiger partial charge is 0.320 e. The van der Waals surface area contributed by atoms with Crippen molar-refractivity contribution in [2.24, 2.45) is 11.7 Å². The van der Waals surface area contributed by atoms with Crippen molar-refractivity contribution in [3.63, 3.8) is 0 Å². The van der Waals surface area contributed by atoms with Crippen LogP contribution < -0.4 is 5.73 Å². The molecular weight excluding hydrogens is 275 g/mol. The maximum Gasteiger partial charge on any atom is 0.128 e. The molecule has 118 valence electrons. The molecule has 0 saturated heterocycles. The first-order valence-corrected chi connectivity index (χ1v) is 7.64. The van der Waals surface area contributed by atoms with E-state index in [9.17, 15) is 4.39 Å². The van der Waals surface area contributed by atoms with E-state index in [-0.39, 0.29) is 17.8 Å². The fraction of sp³-hybridized carbons (Fsp3) is 0.368. The van der Waals surface area contributed by atoms with Crippen molar-refractivity contribution in [3.05, 3.63) is 71.5 Å². The van der Waals surface area contributed by atoms with Crippen molar-refractivity contribution in [1.29, 1.82) is 0 Å². The van der Waals surface area contributed by atoms with Gasteiger partial charge >= 0.3 is 0 Å². The van der Waals surface area contributed by atoms with Gasteiger partial charge in [-0.15, -0.1) is 0 Å². The maximum absolute atomic E-state index is 14.5. The summed E-state index contributed by atoms with van der Waals surface area (Å²) >= 11 is 0. The topological polar surface area (TPSA) is 29.3 Å². The second-order valence-electron chi connectivity index (χ2n) is 6.34. The highest BCUT2D eigenvalue weighted by Gasteiger charge is 2.43. The van der Waals surface area contributed by atoms with E-state index in [1.807, 2.05) is 52.2 Å². The van der Waals surface area contributed by atoms with Crippen LogP contribution in [0.5, 0.6) is 0 Å². The van der Waals surface area contributed by atoms with Gasteiger partial charge in [-0.25, -0.2) is 4.39 Å². The second kappa shape index (κ2) is 6.59. The lowest BCUT2D eigenvalue weighted by atomic mass is 9.72. The lowest BCUT2D eigenvalue weighted by molar-refractivity contribution is 0.128. The molecule has 0 radical (unpaired) electrons. The summed E-state index contributed by atoms with van der Waals surface area (Å²) in [6, 6.07) is 16.8. The van der Waals surface area contributed by atoms with Gasteiger partial charge in [-0.3, -0.25) is 0 Å². The number of rotatable bonds is 5. The molecule has 2 atom stereocenters. The molecule has 22 heavy (non-hydrogen) atoms. The summed E-state index contributed by atoms with van der Waals surface area (Å²) in [4.78, 5) is 2.07. The fourth-order valence-electron chi connectivity index (χ4n) is 3.22. The number of halogens is 1. The average Bonchev–Trinajstić information content (AvgIpc) is 2.48. The molecule has 0 aliphatic carbocycles. The monoisotopic (exact) mass is 300 g/mol. The smallest absolute Gasteiger partial charge is 0.128 e. The van der Waals surface area contributed by atoms with Crippen LogP contribution in [0.3, 0.4) is 0 Å². The zero-order valence-electron chi connectivity index (χ0n) is 13.8. The van der Waals surface area contributed by atoms with Gasteiger partial charge in [0.05, 0.1) is 11.6 Å². The van der Waals surface area contributed by atoms with Gasteiger partial charge in [-0.1, -0.05) is 62.4 Å². The molecule has 0 aromatic heterocycles.